The molecule has 0 fully saturated rings. The highest BCUT2D eigenvalue weighted by molar-refractivity contribution is 8.30. The first-order valence-electron chi connectivity index (χ1n) is 9.18. The van der Waals surface area contributed by atoms with E-state index in [1.54, 1.807) is 0 Å². The van der Waals surface area contributed by atoms with Gasteiger partial charge in [-0.05, 0) is 71.0 Å². The molecule has 0 saturated heterocycles. The highest BCUT2D eigenvalue weighted by Gasteiger charge is 2.35. The van der Waals surface area contributed by atoms with Crippen molar-refractivity contribution in [3.05, 3.63) is 127 Å². The monoisotopic (exact) mass is 402 g/mol. The average molecular weight is 402 g/mol. The molecule has 0 amide bonds. The van der Waals surface area contributed by atoms with Crippen molar-refractivity contribution < 1.29 is 13.4 Å². The summed E-state index contributed by atoms with van der Waals surface area (Å²) in [6.45, 7) is 0. The third kappa shape index (κ3) is 3.80. The first-order valence-corrected chi connectivity index (χ1v) is 10.7. The molecule has 29 heavy (non-hydrogen) atoms. The molecule has 0 N–H and O–H groups in total. The molecular weight excluding hydrogens is 383 g/mol. The Balaban J connectivity index is 1.92. The van der Waals surface area contributed by atoms with Gasteiger partial charge in [0, 0.05) is 14.7 Å². The van der Waals surface area contributed by atoms with Crippen molar-refractivity contribution in [2.45, 2.75) is 14.7 Å². The predicted octanol–water partition coefficient (Wildman–Crippen LogP) is 6.88. The van der Waals surface area contributed by atoms with E-state index in [2.05, 4.69) is 0 Å². The normalized spacial score (nSPS) is 11.6. The van der Waals surface area contributed by atoms with Crippen molar-refractivity contribution in [3.63, 3.8) is 0 Å². The lowest BCUT2D eigenvalue weighted by atomic mass is 10.2. The van der Waals surface area contributed by atoms with Crippen LogP contribution in [-0.2, 0) is 4.18 Å². The molecule has 0 aliphatic heterocycles. The molecule has 4 heteroatoms. The predicted molar refractivity (Wildman–Crippen MR) is 114 cm³/mol. The van der Waals surface area contributed by atoms with Gasteiger partial charge >= 0.3 is 5.97 Å². The molecule has 4 rings (SSSR count). The lowest BCUT2D eigenvalue weighted by Crippen LogP contribution is -2.14. The Hall–Kier alpha value is -3.37. The Morgan fingerprint density at radius 2 is 0.966 bits per heavy atom. The van der Waals surface area contributed by atoms with E-state index in [4.69, 9.17) is 4.18 Å². The van der Waals surface area contributed by atoms with Crippen molar-refractivity contribution in [1.29, 1.82) is 0 Å². The summed E-state index contributed by atoms with van der Waals surface area (Å²) < 4.78 is 19.7. The van der Waals surface area contributed by atoms with Crippen LogP contribution in [0.2, 0.25) is 0 Å². The first kappa shape index (κ1) is 19.0. The number of carbonyl (C=O) groups excluding carboxylic acids is 1. The fourth-order valence-corrected chi connectivity index (χ4v) is 6.19. The van der Waals surface area contributed by atoms with Gasteiger partial charge in [-0.15, -0.1) is 0 Å². The van der Waals surface area contributed by atoms with Gasteiger partial charge in [0.1, 0.15) is 5.82 Å². The summed E-state index contributed by atoms with van der Waals surface area (Å²) in [5.41, 5.74) is 0.311. The van der Waals surface area contributed by atoms with E-state index in [1.165, 1.54) is 24.3 Å². The molecule has 4 aromatic rings. The van der Waals surface area contributed by atoms with Crippen molar-refractivity contribution >= 4 is 16.3 Å². The van der Waals surface area contributed by atoms with Gasteiger partial charge in [-0.25, -0.2) is 9.18 Å². The van der Waals surface area contributed by atoms with Gasteiger partial charge in [0.05, 0.1) is 5.56 Å². The number of rotatable bonds is 5. The minimum absolute atomic E-state index is 0.311. The molecule has 0 aliphatic carbocycles. The van der Waals surface area contributed by atoms with Gasteiger partial charge < -0.3 is 4.18 Å². The second-order valence-electron chi connectivity index (χ2n) is 6.37. The summed E-state index contributed by atoms with van der Waals surface area (Å²) in [5.74, 6) is -0.883. The first-order chi connectivity index (χ1) is 14.2. The summed E-state index contributed by atoms with van der Waals surface area (Å²) in [5, 5.41) is 0. The van der Waals surface area contributed by atoms with E-state index in [-0.39, 0.29) is 0 Å². The van der Waals surface area contributed by atoms with E-state index < -0.39 is 22.1 Å². The van der Waals surface area contributed by atoms with Gasteiger partial charge in [-0.3, -0.25) is 0 Å². The van der Waals surface area contributed by atoms with Crippen LogP contribution in [0.5, 0.6) is 0 Å². The number of hydrogen-bond donors (Lipinski definition) is 0. The third-order valence-corrected chi connectivity index (χ3v) is 7.72. The molecule has 0 atom stereocenters. The molecule has 0 unspecified atom stereocenters. The molecule has 0 bridgehead atoms. The Labute approximate surface area is 171 Å². The maximum Gasteiger partial charge on any atom is 0.349 e. The summed E-state index contributed by atoms with van der Waals surface area (Å²) >= 11 is 0. The standard InChI is InChI=1S/C25H19FO2S/c26-21-18-16-20(17-19-21)25(27)28-29(22-10-4-1-5-11-22,23-12-6-2-7-13-23)24-14-8-3-9-15-24/h1-19H. The van der Waals surface area contributed by atoms with Crippen LogP contribution >= 0.6 is 10.3 Å². The van der Waals surface area contributed by atoms with E-state index in [1.807, 2.05) is 91.0 Å². The molecule has 0 saturated carbocycles. The van der Waals surface area contributed by atoms with Crippen molar-refractivity contribution in [2.24, 2.45) is 0 Å². The Kier molecular flexibility index (Phi) is 5.45. The van der Waals surface area contributed by atoms with Gasteiger partial charge in [-0.1, -0.05) is 54.6 Å². The fraction of sp³-hybridized carbons (Fsp3) is 0. The van der Waals surface area contributed by atoms with Gasteiger partial charge in [0.15, 0.2) is 0 Å². The van der Waals surface area contributed by atoms with E-state index >= 15 is 0 Å². The number of hydrogen-bond acceptors (Lipinski definition) is 2. The van der Waals surface area contributed by atoms with Crippen LogP contribution in [-0.4, -0.2) is 5.97 Å². The van der Waals surface area contributed by atoms with Crippen LogP contribution in [0.1, 0.15) is 10.4 Å². The van der Waals surface area contributed by atoms with Crippen molar-refractivity contribution in [1.82, 2.24) is 0 Å². The molecule has 144 valence electrons. The summed E-state index contributed by atoms with van der Waals surface area (Å²) in [6.07, 6.45) is 0. The maximum atomic E-state index is 13.3. The average Bonchev–Trinajstić information content (AvgIpc) is 2.79. The quantitative estimate of drug-likeness (QED) is 0.364. The summed E-state index contributed by atoms with van der Waals surface area (Å²) in [4.78, 5) is 15.9. The maximum absolute atomic E-state index is 13.3. The SMILES string of the molecule is O=C(OS(c1ccccc1)(c1ccccc1)c1ccccc1)c1ccc(F)cc1. The summed E-state index contributed by atoms with van der Waals surface area (Å²) in [7, 11) is -2.33. The zero-order chi connectivity index (χ0) is 20.1. The highest BCUT2D eigenvalue weighted by atomic mass is 32.3. The fourth-order valence-electron chi connectivity index (χ4n) is 3.14. The number of halogens is 1. The van der Waals surface area contributed by atoms with Crippen LogP contribution in [0.3, 0.4) is 0 Å². The highest BCUT2D eigenvalue weighted by Crippen LogP contribution is 2.69. The van der Waals surface area contributed by atoms with Crippen molar-refractivity contribution in [3.8, 4) is 0 Å². The Bertz CT molecular complexity index is 985. The van der Waals surface area contributed by atoms with Gasteiger partial charge in [0.2, 0.25) is 0 Å². The molecule has 0 radical (unpaired) electrons. The zero-order valence-corrected chi connectivity index (χ0v) is 16.4. The zero-order valence-electron chi connectivity index (χ0n) is 15.6. The lowest BCUT2D eigenvalue weighted by Gasteiger charge is -2.39. The summed E-state index contributed by atoms with van der Waals surface area (Å²) in [6, 6.07) is 34.7. The number of carbonyl (C=O) groups is 1. The Morgan fingerprint density at radius 3 is 1.34 bits per heavy atom. The van der Waals surface area contributed by atoms with Crippen molar-refractivity contribution in [2.75, 3.05) is 0 Å². The van der Waals surface area contributed by atoms with Crippen LogP contribution in [0.25, 0.3) is 0 Å². The molecule has 0 heterocycles. The second-order valence-corrected chi connectivity index (χ2v) is 9.07. The molecule has 2 nitrogen and oxygen atoms in total. The van der Waals surface area contributed by atoms with E-state index in [9.17, 15) is 9.18 Å². The van der Waals surface area contributed by atoms with Crippen LogP contribution in [0.15, 0.2) is 130 Å². The minimum Gasteiger partial charge on any atom is -0.398 e. The largest absolute Gasteiger partial charge is 0.398 e. The topological polar surface area (TPSA) is 26.3 Å². The molecule has 0 aliphatic rings. The van der Waals surface area contributed by atoms with Crippen LogP contribution in [0.4, 0.5) is 4.39 Å². The number of benzene rings is 4. The third-order valence-electron chi connectivity index (χ3n) is 4.51. The molecule has 4 aromatic carbocycles. The van der Waals surface area contributed by atoms with Crippen LogP contribution < -0.4 is 0 Å². The molecular formula is C25H19FO2S. The van der Waals surface area contributed by atoms with E-state index in [0.717, 1.165) is 14.7 Å². The molecule has 0 spiro atoms. The second kappa shape index (κ2) is 8.33. The van der Waals surface area contributed by atoms with Crippen LogP contribution in [0, 0.1) is 5.82 Å². The van der Waals surface area contributed by atoms with Gasteiger partial charge in [0.25, 0.3) is 0 Å². The molecule has 0 aromatic heterocycles. The Morgan fingerprint density at radius 1 is 0.586 bits per heavy atom. The minimum atomic E-state index is -2.33. The van der Waals surface area contributed by atoms with Gasteiger partial charge in [-0.2, -0.15) is 0 Å². The smallest absolute Gasteiger partial charge is 0.349 e. The lowest BCUT2D eigenvalue weighted by molar-refractivity contribution is 0.0757. The van der Waals surface area contributed by atoms with E-state index in [0.29, 0.717) is 5.56 Å².